The summed E-state index contributed by atoms with van der Waals surface area (Å²) in [6.07, 6.45) is 0. The van der Waals surface area contributed by atoms with Crippen LogP contribution in [-0.2, 0) is 9.59 Å². The maximum absolute atomic E-state index is 13.5. The summed E-state index contributed by atoms with van der Waals surface area (Å²) in [7, 11) is 0. The number of rotatable bonds is 7. The molecule has 0 unspecified atom stereocenters. The number of carbonyl (C=O) groups is 2. The van der Waals surface area contributed by atoms with Gasteiger partial charge in [0.05, 0.1) is 28.3 Å². The van der Waals surface area contributed by atoms with E-state index >= 15 is 0 Å². The van der Waals surface area contributed by atoms with Crippen LogP contribution in [0.25, 0.3) is 0 Å². The van der Waals surface area contributed by atoms with Gasteiger partial charge in [0.25, 0.3) is 5.91 Å². The number of thioether (sulfide) groups is 1. The SMILES string of the molecule is CC1=C(C(=O)Nc2ccccc2)[C@H](c2ccccc2Cl)C(C#N)=C(SCC(=O)Nc2ccc(F)cc2)N1. The van der Waals surface area contributed by atoms with Gasteiger partial charge in [-0.25, -0.2) is 4.39 Å². The number of nitrogens with zero attached hydrogens (tertiary/aromatic N) is 1. The van der Waals surface area contributed by atoms with Crippen molar-refractivity contribution in [2.75, 3.05) is 16.4 Å². The number of nitriles is 1. The molecule has 0 aromatic heterocycles. The van der Waals surface area contributed by atoms with Crippen LogP contribution in [0.5, 0.6) is 0 Å². The molecular formula is C28H22ClFN4O2S. The Kier molecular flexibility index (Phi) is 8.29. The van der Waals surface area contributed by atoms with E-state index in [4.69, 9.17) is 11.6 Å². The second-order valence-electron chi connectivity index (χ2n) is 8.14. The second kappa shape index (κ2) is 11.8. The number of allylic oxidation sites excluding steroid dienone is 2. The van der Waals surface area contributed by atoms with Gasteiger partial charge in [0, 0.05) is 27.7 Å². The maximum Gasteiger partial charge on any atom is 0.254 e. The Labute approximate surface area is 223 Å². The van der Waals surface area contributed by atoms with Gasteiger partial charge in [-0.3, -0.25) is 9.59 Å². The Morgan fingerprint density at radius 3 is 2.32 bits per heavy atom. The van der Waals surface area contributed by atoms with E-state index in [2.05, 4.69) is 22.0 Å². The Bertz CT molecular complexity index is 1430. The van der Waals surface area contributed by atoms with Gasteiger partial charge in [0.15, 0.2) is 0 Å². The number of benzene rings is 3. The number of anilines is 2. The summed E-state index contributed by atoms with van der Waals surface area (Å²) in [5.41, 5.74) is 2.85. The average Bonchev–Trinajstić information content (AvgIpc) is 2.89. The van der Waals surface area contributed by atoms with Gasteiger partial charge in [-0.2, -0.15) is 5.26 Å². The fourth-order valence-electron chi connectivity index (χ4n) is 3.94. The number of hydrogen-bond donors (Lipinski definition) is 3. The van der Waals surface area contributed by atoms with E-state index in [1.807, 2.05) is 18.2 Å². The third-order valence-corrected chi connectivity index (χ3v) is 6.98. The van der Waals surface area contributed by atoms with Crippen molar-refractivity contribution in [3.05, 3.63) is 117 Å². The quantitative estimate of drug-likeness (QED) is 0.337. The first-order valence-electron chi connectivity index (χ1n) is 11.3. The van der Waals surface area contributed by atoms with Crippen molar-refractivity contribution >= 4 is 46.6 Å². The molecule has 1 heterocycles. The monoisotopic (exact) mass is 532 g/mol. The zero-order valence-electron chi connectivity index (χ0n) is 19.7. The topological polar surface area (TPSA) is 94.0 Å². The summed E-state index contributed by atoms with van der Waals surface area (Å²) in [4.78, 5) is 26.0. The molecule has 0 aliphatic carbocycles. The first-order chi connectivity index (χ1) is 17.9. The summed E-state index contributed by atoms with van der Waals surface area (Å²) in [5.74, 6) is -1.86. The van der Waals surface area contributed by atoms with Crippen LogP contribution in [0.2, 0.25) is 5.02 Å². The number of para-hydroxylation sites is 1. The van der Waals surface area contributed by atoms with Gasteiger partial charge in [-0.05, 0) is 55.0 Å². The number of carbonyl (C=O) groups excluding carboxylic acids is 2. The highest BCUT2D eigenvalue weighted by Crippen LogP contribution is 2.43. The molecule has 0 saturated heterocycles. The van der Waals surface area contributed by atoms with Crippen LogP contribution in [0, 0.1) is 17.1 Å². The third kappa shape index (κ3) is 6.20. The van der Waals surface area contributed by atoms with Gasteiger partial charge < -0.3 is 16.0 Å². The molecule has 0 fully saturated rings. The van der Waals surface area contributed by atoms with E-state index in [1.165, 1.54) is 24.3 Å². The number of halogens is 2. The Morgan fingerprint density at radius 2 is 1.65 bits per heavy atom. The minimum atomic E-state index is -0.744. The molecule has 186 valence electrons. The van der Waals surface area contributed by atoms with Gasteiger partial charge in [0.2, 0.25) is 5.91 Å². The summed E-state index contributed by atoms with van der Waals surface area (Å²) in [6, 6.07) is 23.8. The van der Waals surface area contributed by atoms with Gasteiger partial charge >= 0.3 is 0 Å². The Hall–Kier alpha value is -4.06. The number of hydrogen-bond acceptors (Lipinski definition) is 5. The van der Waals surface area contributed by atoms with E-state index in [0.717, 1.165) is 11.8 Å². The normalized spacial score (nSPS) is 15.0. The average molecular weight is 533 g/mol. The number of dihydropyridines is 1. The van der Waals surface area contributed by atoms with Crippen LogP contribution < -0.4 is 16.0 Å². The summed E-state index contributed by atoms with van der Waals surface area (Å²) >= 11 is 7.67. The van der Waals surface area contributed by atoms with Crippen LogP contribution in [0.15, 0.2) is 101 Å². The van der Waals surface area contributed by atoms with Crippen LogP contribution in [0.3, 0.4) is 0 Å². The summed E-state index contributed by atoms with van der Waals surface area (Å²) in [5, 5.41) is 19.8. The van der Waals surface area contributed by atoms with Crippen LogP contribution in [0.4, 0.5) is 15.8 Å². The second-order valence-corrected chi connectivity index (χ2v) is 9.53. The molecule has 1 aliphatic rings. The molecule has 1 aliphatic heterocycles. The molecule has 0 saturated carbocycles. The van der Waals surface area contributed by atoms with Gasteiger partial charge in [0.1, 0.15) is 5.82 Å². The highest BCUT2D eigenvalue weighted by Gasteiger charge is 2.35. The highest BCUT2D eigenvalue weighted by molar-refractivity contribution is 8.03. The standard InChI is InChI=1S/C28H22ClFN4O2S/c1-17-25(27(36)34-19-7-3-2-4-8-19)26(21-9-5-6-10-23(21)29)22(15-31)28(32-17)37-16-24(35)33-20-13-11-18(30)12-14-20/h2-14,26,32H,16H2,1H3,(H,33,35)(H,34,36)/t26-/m1/s1. The van der Waals surface area contributed by atoms with Crippen molar-refractivity contribution in [1.82, 2.24) is 5.32 Å². The fraction of sp³-hybridized carbons (Fsp3) is 0.107. The van der Waals surface area contributed by atoms with E-state index in [1.54, 1.807) is 43.3 Å². The largest absolute Gasteiger partial charge is 0.353 e. The predicted molar refractivity (Wildman–Crippen MR) is 145 cm³/mol. The van der Waals surface area contributed by atoms with Crippen LogP contribution >= 0.6 is 23.4 Å². The molecule has 0 radical (unpaired) electrons. The minimum absolute atomic E-state index is 0.0149. The Morgan fingerprint density at radius 1 is 1.00 bits per heavy atom. The molecular weight excluding hydrogens is 511 g/mol. The van der Waals surface area contributed by atoms with Gasteiger partial charge in [-0.15, -0.1) is 0 Å². The van der Waals surface area contributed by atoms with Crippen molar-refractivity contribution in [3.8, 4) is 6.07 Å². The molecule has 2 amide bonds. The molecule has 3 N–H and O–H groups in total. The molecule has 4 rings (SSSR count). The van der Waals surface area contributed by atoms with E-state index in [-0.39, 0.29) is 23.1 Å². The molecule has 6 nitrogen and oxygen atoms in total. The lowest BCUT2D eigenvalue weighted by Crippen LogP contribution is -2.31. The van der Waals surface area contributed by atoms with E-state index in [9.17, 15) is 19.2 Å². The first-order valence-corrected chi connectivity index (χ1v) is 12.6. The zero-order chi connectivity index (χ0) is 26.4. The molecule has 3 aromatic carbocycles. The van der Waals surface area contributed by atoms with Crippen molar-refractivity contribution in [2.24, 2.45) is 0 Å². The molecule has 37 heavy (non-hydrogen) atoms. The Balaban J connectivity index is 1.63. The first kappa shape index (κ1) is 26.0. The number of nitrogens with one attached hydrogen (secondary N) is 3. The zero-order valence-corrected chi connectivity index (χ0v) is 21.3. The molecule has 0 bridgehead atoms. The maximum atomic E-state index is 13.5. The molecule has 9 heteroatoms. The van der Waals surface area contributed by atoms with Crippen LogP contribution in [0.1, 0.15) is 18.4 Å². The molecule has 0 spiro atoms. The van der Waals surface area contributed by atoms with Crippen molar-refractivity contribution in [1.29, 1.82) is 5.26 Å². The predicted octanol–water partition coefficient (Wildman–Crippen LogP) is 6.19. The summed E-state index contributed by atoms with van der Waals surface area (Å²) < 4.78 is 13.1. The smallest absolute Gasteiger partial charge is 0.254 e. The summed E-state index contributed by atoms with van der Waals surface area (Å²) in [6.45, 7) is 1.75. The lowest BCUT2D eigenvalue weighted by Gasteiger charge is -2.30. The minimum Gasteiger partial charge on any atom is -0.353 e. The van der Waals surface area contributed by atoms with E-state index < -0.39 is 11.7 Å². The number of amides is 2. The molecule has 3 aromatic rings. The lowest BCUT2D eigenvalue weighted by atomic mass is 9.82. The highest BCUT2D eigenvalue weighted by atomic mass is 35.5. The fourth-order valence-corrected chi connectivity index (χ4v) is 5.07. The lowest BCUT2D eigenvalue weighted by molar-refractivity contribution is -0.114. The molecule has 1 atom stereocenters. The van der Waals surface area contributed by atoms with E-state index in [0.29, 0.717) is 38.3 Å². The van der Waals surface area contributed by atoms with Crippen molar-refractivity contribution < 1.29 is 14.0 Å². The van der Waals surface area contributed by atoms with Crippen LogP contribution in [-0.4, -0.2) is 17.6 Å². The van der Waals surface area contributed by atoms with Gasteiger partial charge in [-0.1, -0.05) is 59.8 Å². The van der Waals surface area contributed by atoms with Crippen molar-refractivity contribution in [3.63, 3.8) is 0 Å². The van der Waals surface area contributed by atoms with Crippen molar-refractivity contribution in [2.45, 2.75) is 12.8 Å². The third-order valence-electron chi connectivity index (χ3n) is 5.62.